The van der Waals surface area contributed by atoms with Gasteiger partial charge in [0.15, 0.2) is 5.11 Å². The van der Waals surface area contributed by atoms with Crippen LogP contribution in [-0.2, 0) is 11.4 Å². The van der Waals surface area contributed by atoms with E-state index in [2.05, 4.69) is 5.32 Å². The molecule has 1 saturated carbocycles. The summed E-state index contributed by atoms with van der Waals surface area (Å²) in [6, 6.07) is 11.6. The lowest BCUT2D eigenvalue weighted by Crippen LogP contribution is -2.41. The molecule has 1 aliphatic carbocycles. The Morgan fingerprint density at radius 2 is 2.00 bits per heavy atom. The molecule has 0 bridgehead atoms. The quantitative estimate of drug-likeness (QED) is 0.269. The first-order valence-electron chi connectivity index (χ1n) is 10.4. The highest BCUT2D eigenvalue weighted by atomic mass is 35.5. The first-order chi connectivity index (χ1) is 15.4. The summed E-state index contributed by atoms with van der Waals surface area (Å²) in [5, 5.41) is 14.8. The zero-order valence-corrected chi connectivity index (χ0v) is 18.8. The van der Waals surface area contributed by atoms with E-state index in [0.29, 0.717) is 27.1 Å². The molecule has 0 spiro atoms. The highest BCUT2D eigenvalue weighted by Gasteiger charge is 2.36. The Balaban J connectivity index is 1.44. The van der Waals surface area contributed by atoms with Crippen molar-refractivity contribution in [3.63, 3.8) is 0 Å². The number of benzene rings is 2. The monoisotopic (exact) mass is 471 g/mol. The molecule has 9 heteroatoms. The molecule has 2 aromatic carbocycles. The molecular weight excluding hydrogens is 450 g/mol. The zero-order chi connectivity index (χ0) is 22.7. The fraction of sp³-hybridized carbons (Fsp3) is 0.304. The van der Waals surface area contributed by atoms with E-state index in [4.69, 9.17) is 28.6 Å². The second kappa shape index (κ2) is 9.67. The average Bonchev–Trinajstić information content (AvgIpc) is 3.06. The molecule has 4 rings (SSSR count). The van der Waals surface area contributed by atoms with Crippen molar-refractivity contribution in [2.45, 2.75) is 44.8 Å². The fourth-order valence-electron chi connectivity index (χ4n) is 4.03. The van der Waals surface area contributed by atoms with Gasteiger partial charge in [0, 0.05) is 18.2 Å². The molecular formula is C23H22ClN3O4S. The third-order valence-electron chi connectivity index (χ3n) is 5.63. The lowest BCUT2D eigenvalue weighted by Gasteiger charge is -2.29. The molecule has 0 unspecified atom stereocenters. The Morgan fingerprint density at radius 1 is 1.22 bits per heavy atom. The number of nitrogens with zero attached hydrogens (tertiary/aromatic N) is 2. The Hall–Kier alpha value is -2.97. The van der Waals surface area contributed by atoms with Gasteiger partial charge in [-0.05, 0) is 54.4 Å². The summed E-state index contributed by atoms with van der Waals surface area (Å²) in [5.41, 5.74) is 1.84. The first kappa shape index (κ1) is 22.2. The number of amides is 1. The number of halogens is 1. The number of carbonyl (C=O) groups excluding carboxylic acids is 1. The van der Waals surface area contributed by atoms with Gasteiger partial charge in [-0.1, -0.05) is 49.1 Å². The van der Waals surface area contributed by atoms with Crippen molar-refractivity contribution in [2.24, 2.45) is 0 Å². The standard InChI is InChI=1S/C23H22ClN3O4S/c24-19-12-15(9-10-21(19)31-14-16-5-4-8-18(11-16)27(29)30)13-20-22(28)26(23(32)25-20)17-6-2-1-3-7-17/h4-5,8-13,17H,1-3,6-7,14H2,(H,25,32)/b20-13-. The van der Waals surface area contributed by atoms with Gasteiger partial charge in [0.1, 0.15) is 18.1 Å². The Morgan fingerprint density at radius 3 is 2.72 bits per heavy atom. The van der Waals surface area contributed by atoms with E-state index in [1.807, 2.05) is 0 Å². The van der Waals surface area contributed by atoms with Crippen LogP contribution in [0.5, 0.6) is 5.75 Å². The van der Waals surface area contributed by atoms with Crippen molar-refractivity contribution >= 4 is 46.6 Å². The summed E-state index contributed by atoms with van der Waals surface area (Å²) in [6.45, 7) is 0.145. The highest BCUT2D eigenvalue weighted by molar-refractivity contribution is 7.80. The molecule has 1 heterocycles. The number of thiocarbonyl (C=S) groups is 1. The fourth-order valence-corrected chi connectivity index (χ4v) is 4.62. The minimum Gasteiger partial charge on any atom is -0.487 e. The highest BCUT2D eigenvalue weighted by Crippen LogP contribution is 2.30. The summed E-state index contributed by atoms with van der Waals surface area (Å²) in [6.07, 6.45) is 7.11. The van der Waals surface area contributed by atoms with Crippen molar-refractivity contribution in [3.05, 3.63) is 74.4 Å². The summed E-state index contributed by atoms with van der Waals surface area (Å²) in [4.78, 5) is 25.1. The lowest BCUT2D eigenvalue weighted by atomic mass is 9.94. The maximum absolute atomic E-state index is 12.9. The third kappa shape index (κ3) is 4.92. The average molecular weight is 472 g/mol. The molecule has 32 heavy (non-hydrogen) atoms. The number of nitro benzene ring substituents is 1. The maximum atomic E-state index is 12.9. The number of hydrogen-bond donors (Lipinski definition) is 1. The number of nitro groups is 1. The molecule has 0 radical (unpaired) electrons. The van der Waals surface area contributed by atoms with Crippen LogP contribution < -0.4 is 10.1 Å². The molecule has 1 aliphatic heterocycles. The molecule has 1 amide bonds. The SMILES string of the molecule is O=C1/C(=C/c2ccc(OCc3cccc([N+](=O)[O-])c3)c(Cl)c2)NC(=S)N1C1CCCCC1. The van der Waals surface area contributed by atoms with Crippen LogP contribution in [0.25, 0.3) is 6.08 Å². The van der Waals surface area contributed by atoms with Gasteiger partial charge in [-0.15, -0.1) is 0 Å². The van der Waals surface area contributed by atoms with Crippen LogP contribution in [0.15, 0.2) is 48.2 Å². The van der Waals surface area contributed by atoms with Crippen molar-refractivity contribution in [1.82, 2.24) is 10.2 Å². The first-order valence-corrected chi connectivity index (χ1v) is 11.2. The number of nitrogens with one attached hydrogen (secondary N) is 1. The van der Waals surface area contributed by atoms with E-state index in [0.717, 1.165) is 31.2 Å². The Bertz CT molecular complexity index is 1100. The summed E-state index contributed by atoms with van der Waals surface area (Å²) in [5.74, 6) is 0.342. The van der Waals surface area contributed by atoms with E-state index >= 15 is 0 Å². The summed E-state index contributed by atoms with van der Waals surface area (Å²) < 4.78 is 5.73. The summed E-state index contributed by atoms with van der Waals surface area (Å²) in [7, 11) is 0. The van der Waals surface area contributed by atoms with Crippen LogP contribution >= 0.6 is 23.8 Å². The third-order valence-corrected chi connectivity index (χ3v) is 6.23. The number of non-ortho nitro benzene ring substituents is 1. The van der Waals surface area contributed by atoms with Gasteiger partial charge < -0.3 is 10.1 Å². The molecule has 0 aromatic heterocycles. The second-order valence-corrected chi connectivity index (χ2v) is 8.65. The molecule has 1 saturated heterocycles. The minimum absolute atomic E-state index is 0.00749. The Labute approximate surface area is 196 Å². The van der Waals surface area contributed by atoms with Crippen LogP contribution in [-0.4, -0.2) is 26.9 Å². The second-order valence-electron chi connectivity index (χ2n) is 7.86. The lowest BCUT2D eigenvalue weighted by molar-refractivity contribution is -0.384. The van der Waals surface area contributed by atoms with Crippen LogP contribution in [0, 0.1) is 10.1 Å². The van der Waals surface area contributed by atoms with Gasteiger partial charge in [0.05, 0.1) is 9.95 Å². The smallest absolute Gasteiger partial charge is 0.276 e. The van der Waals surface area contributed by atoms with E-state index in [1.54, 1.807) is 41.3 Å². The van der Waals surface area contributed by atoms with Gasteiger partial charge in [0.2, 0.25) is 0 Å². The predicted molar refractivity (Wildman–Crippen MR) is 126 cm³/mol. The zero-order valence-electron chi connectivity index (χ0n) is 17.3. The van der Waals surface area contributed by atoms with Gasteiger partial charge in [-0.3, -0.25) is 19.8 Å². The van der Waals surface area contributed by atoms with Gasteiger partial charge in [-0.25, -0.2) is 0 Å². The minimum atomic E-state index is -0.446. The number of rotatable bonds is 6. The van der Waals surface area contributed by atoms with Gasteiger partial charge in [0.25, 0.3) is 11.6 Å². The van der Waals surface area contributed by atoms with E-state index < -0.39 is 4.92 Å². The molecule has 0 atom stereocenters. The molecule has 2 fully saturated rings. The van der Waals surface area contributed by atoms with E-state index in [-0.39, 0.29) is 24.2 Å². The van der Waals surface area contributed by atoms with Gasteiger partial charge in [-0.2, -0.15) is 0 Å². The number of hydrogen-bond acceptors (Lipinski definition) is 5. The number of ether oxygens (including phenoxy) is 1. The van der Waals surface area contributed by atoms with Crippen LogP contribution in [0.1, 0.15) is 43.2 Å². The predicted octanol–water partition coefficient (Wildman–Crippen LogP) is 5.22. The van der Waals surface area contributed by atoms with Crippen molar-refractivity contribution < 1.29 is 14.5 Å². The maximum Gasteiger partial charge on any atom is 0.276 e. The molecule has 1 N–H and O–H groups in total. The van der Waals surface area contributed by atoms with Gasteiger partial charge >= 0.3 is 0 Å². The summed E-state index contributed by atoms with van der Waals surface area (Å²) >= 11 is 11.8. The molecule has 166 valence electrons. The topological polar surface area (TPSA) is 84.7 Å². The normalized spacial score (nSPS) is 18.2. The van der Waals surface area contributed by atoms with E-state index in [9.17, 15) is 14.9 Å². The van der Waals surface area contributed by atoms with Crippen molar-refractivity contribution in [3.8, 4) is 5.75 Å². The largest absolute Gasteiger partial charge is 0.487 e. The van der Waals surface area contributed by atoms with E-state index in [1.165, 1.54) is 18.6 Å². The molecule has 2 aliphatic rings. The molecule has 2 aromatic rings. The van der Waals surface area contributed by atoms with Crippen molar-refractivity contribution in [1.29, 1.82) is 0 Å². The van der Waals surface area contributed by atoms with Crippen molar-refractivity contribution in [2.75, 3.05) is 0 Å². The Kier molecular flexibility index (Phi) is 6.72. The van der Waals surface area contributed by atoms with Crippen LogP contribution in [0.3, 0.4) is 0 Å². The number of carbonyl (C=O) groups is 1. The van der Waals surface area contributed by atoms with Crippen LogP contribution in [0.4, 0.5) is 5.69 Å². The molecule has 7 nitrogen and oxygen atoms in total. The van der Waals surface area contributed by atoms with Crippen LogP contribution in [0.2, 0.25) is 5.02 Å².